The van der Waals surface area contributed by atoms with Crippen LogP contribution in [0.15, 0.2) is 109 Å². The van der Waals surface area contributed by atoms with E-state index in [1.54, 1.807) is 25.4 Å². The second-order valence-corrected chi connectivity index (χ2v) is 8.49. The molecular weight excluding hydrogens is 464 g/mol. The van der Waals surface area contributed by atoms with Crippen LogP contribution in [0, 0.1) is 0 Å². The van der Waals surface area contributed by atoms with E-state index in [0.29, 0.717) is 34.9 Å². The standard InChI is InChI=1S/C30H22N4O3/c1-36-23-16-14-21(15-17-23)28-25(37-26-13-8-18-31-32-26)19-24-27(20-9-4-2-5-10-20)29(33-34(24)30(28)35)22-11-6-3-7-12-22/h2-18H,19H2,1H3. The zero-order chi connectivity index (χ0) is 25.2. The first kappa shape index (κ1) is 22.4. The first-order valence-electron chi connectivity index (χ1n) is 11.8. The highest BCUT2D eigenvalue weighted by Crippen LogP contribution is 2.40. The van der Waals surface area contributed by atoms with E-state index in [1.807, 2.05) is 84.9 Å². The number of benzene rings is 3. The molecule has 3 heterocycles. The Morgan fingerprint density at radius 1 is 0.784 bits per heavy atom. The first-order chi connectivity index (χ1) is 18.2. The quantitative estimate of drug-likeness (QED) is 0.306. The van der Waals surface area contributed by atoms with Crippen molar-refractivity contribution in [2.45, 2.75) is 6.42 Å². The predicted molar refractivity (Wildman–Crippen MR) is 140 cm³/mol. The second kappa shape index (κ2) is 9.54. The molecule has 1 aliphatic rings. The van der Waals surface area contributed by atoms with Crippen molar-refractivity contribution in [3.05, 3.63) is 120 Å². The Morgan fingerprint density at radius 3 is 2.14 bits per heavy atom. The van der Waals surface area contributed by atoms with Gasteiger partial charge in [-0.25, -0.2) is 0 Å². The Balaban J connectivity index is 1.56. The number of hydrogen-bond donors (Lipinski definition) is 0. The van der Waals surface area contributed by atoms with Gasteiger partial charge in [-0.1, -0.05) is 72.8 Å². The van der Waals surface area contributed by atoms with Crippen LogP contribution in [-0.2, 0) is 6.42 Å². The number of carbonyl (C=O) groups is 1. The molecule has 0 radical (unpaired) electrons. The molecule has 0 amide bonds. The Morgan fingerprint density at radius 2 is 1.49 bits per heavy atom. The lowest BCUT2D eigenvalue weighted by molar-refractivity contribution is 0.0953. The zero-order valence-corrected chi connectivity index (χ0v) is 20.0. The molecule has 5 aromatic rings. The Kier molecular flexibility index (Phi) is 5.78. The van der Waals surface area contributed by atoms with E-state index in [0.717, 1.165) is 28.1 Å². The van der Waals surface area contributed by atoms with Crippen molar-refractivity contribution in [3.63, 3.8) is 0 Å². The van der Waals surface area contributed by atoms with Gasteiger partial charge in [0.15, 0.2) is 0 Å². The maximum Gasteiger partial charge on any atom is 0.282 e. The monoisotopic (exact) mass is 486 g/mol. The largest absolute Gasteiger partial charge is 0.497 e. The van der Waals surface area contributed by atoms with Crippen LogP contribution >= 0.6 is 0 Å². The summed E-state index contributed by atoms with van der Waals surface area (Å²) in [4.78, 5) is 14.1. The van der Waals surface area contributed by atoms with E-state index in [1.165, 1.54) is 4.68 Å². The summed E-state index contributed by atoms with van der Waals surface area (Å²) >= 11 is 0. The molecule has 7 heteroatoms. The summed E-state index contributed by atoms with van der Waals surface area (Å²) in [7, 11) is 1.61. The highest BCUT2D eigenvalue weighted by Gasteiger charge is 2.34. The van der Waals surface area contributed by atoms with Crippen LogP contribution < -0.4 is 9.47 Å². The summed E-state index contributed by atoms with van der Waals surface area (Å²) in [6, 6.07) is 30.7. The minimum absolute atomic E-state index is 0.273. The van der Waals surface area contributed by atoms with Crippen LogP contribution in [0.2, 0.25) is 0 Å². The number of rotatable bonds is 6. The Labute approximate surface area is 213 Å². The fourth-order valence-corrected chi connectivity index (χ4v) is 4.55. The summed E-state index contributed by atoms with van der Waals surface area (Å²) in [5, 5.41) is 12.9. The summed E-state index contributed by atoms with van der Waals surface area (Å²) in [5.74, 6) is 1.22. The Hall–Kier alpha value is -5.04. The van der Waals surface area contributed by atoms with Gasteiger partial charge in [0.05, 0.1) is 24.8 Å². The highest BCUT2D eigenvalue weighted by molar-refractivity contribution is 6.22. The van der Waals surface area contributed by atoms with E-state index >= 15 is 0 Å². The zero-order valence-electron chi connectivity index (χ0n) is 20.0. The molecule has 0 N–H and O–H groups in total. The molecule has 6 rings (SSSR count). The van der Waals surface area contributed by atoms with Crippen LogP contribution in [0.25, 0.3) is 28.0 Å². The van der Waals surface area contributed by atoms with Gasteiger partial charge in [0, 0.05) is 23.4 Å². The normalized spacial score (nSPS) is 12.8. The molecule has 0 saturated heterocycles. The van der Waals surface area contributed by atoms with Crippen LogP contribution in [-0.4, -0.2) is 33.0 Å². The summed E-state index contributed by atoms with van der Waals surface area (Å²) in [5.41, 5.74) is 5.42. The number of hydrogen-bond acceptors (Lipinski definition) is 6. The molecule has 0 saturated carbocycles. The summed E-state index contributed by atoms with van der Waals surface area (Å²) in [6.45, 7) is 0. The molecule has 7 nitrogen and oxygen atoms in total. The number of carbonyl (C=O) groups excluding carboxylic acids is 1. The van der Waals surface area contributed by atoms with Crippen molar-refractivity contribution in [2.75, 3.05) is 7.11 Å². The van der Waals surface area contributed by atoms with Crippen molar-refractivity contribution >= 4 is 11.5 Å². The van der Waals surface area contributed by atoms with Crippen LogP contribution in [0.5, 0.6) is 11.6 Å². The molecular formula is C30H22N4O3. The van der Waals surface area contributed by atoms with E-state index in [2.05, 4.69) is 10.2 Å². The third-order valence-corrected chi connectivity index (χ3v) is 6.26. The molecule has 1 aliphatic heterocycles. The molecule has 0 aliphatic carbocycles. The predicted octanol–water partition coefficient (Wildman–Crippen LogP) is 5.70. The number of methoxy groups -OCH3 is 1. The summed E-state index contributed by atoms with van der Waals surface area (Å²) < 4.78 is 13.0. The maximum atomic E-state index is 14.1. The van der Waals surface area contributed by atoms with Crippen molar-refractivity contribution < 1.29 is 14.3 Å². The van der Waals surface area contributed by atoms with Gasteiger partial charge in [-0.3, -0.25) is 4.79 Å². The van der Waals surface area contributed by atoms with Crippen molar-refractivity contribution in [1.82, 2.24) is 20.0 Å². The second-order valence-electron chi connectivity index (χ2n) is 8.49. The SMILES string of the molecule is COc1ccc(C2=C(Oc3cccnn3)Cc3c(-c4ccccc4)c(-c4ccccc4)nn3C2=O)cc1. The molecule has 37 heavy (non-hydrogen) atoms. The average Bonchev–Trinajstić information content (AvgIpc) is 3.35. The maximum absolute atomic E-state index is 14.1. The van der Waals surface area contributed by atoms with E-state index in [-0.39, 0.29) is 5.91 Å². The molecule has 0 atom stereocenters. The van der Waals surface area contributed by atoms with Gasteiger partial charge < -0.3 is 9.47 Å². The molecule has 0 bridgehead atoms. The smallest absolute Gasteiger partial charge is 0.282 e. The Bertz CT molecular complexity index is 1590. The molecule has 0 unspecified atom stereocenters. The van der Waals surface area contributed by atoms with Crippen molar-refractivity contribution in [2.24, 2.45) is 0 Å². The molecule has 2 aromatic heterocycles. The van der Waals surface area contributed by atoms with Crippen LogP contribution in [0.1, 0.15) is 16.1 Å². The summed E-state index contributed by atoms with van der Waals surface area (Å²) in [6.07, 6.45) is 1.92. The van der Waals surface area contributed by atoms with E-state index in [9.17, 15) is 4.79 Å². The molecule has 180 valence electrons. The third kappa shape index (κ3) is 4.16. The fourth-order valence-electron chi connectivity index (χ4n) is 4.55. The topological polar surface area (TPSA) is 79.1 Å². The molecule has 0 spiro atoms. The lowest BCUT2D eigenvalue weighted by atomic mass is 9.93. The van der Waals surface area contributed by atoms with Gasteiger partial charge in [0.2, 0.25) is 5.88 Å². The van der Waals surface area contributed by atoms with Crippen molar-refractivity contribution in [1.29, 1.82) is 0 Å². The number of nitrogens with zero attached hydrogens (tertiary/aromatic N) is 4. The minimum atomic E-state index is -0.273. The van der Waals surface area contributed by atoms with Gasteiger partial charge in [-0.15, -0.1) is 5.10 Å². The number of aromatic nitrogens is 4. The molecule has 3 aromatic carbocycles. The fraction of sp³-hybridized carbons (Fsp3) is 0.0667. The number of fused-ring (bicyclic) bond motifs is 1. The average molecular weight is 487 g/mol. The van der Waals surface area contributed by atoms with E-state index in [4.69, 9.17) is 14.6 Å². The number of allylic oxidation sites excluding steroid dienone is 2. The van der Waals surface area contributed by atoms with Gasteiger partial charge in [-0.05, 0) is 29.3 Å². The van der Waals surface area contributed by atoms with E-state index < -0.39 is 0 Å². The van der Waals surface area contributed by atoms with Crippen LogP contribution in [0.4, 0.5) is 0 Å². The third-order valence-electron chi connectivity index (χ3n) is 6.26. The highest BCUT2D eigenvalue weighted by atomic mass is 16.5. The molecule has 0 fully saturated rings. The lowest BCUT2D eigenvalue weighted by Crippen LogP contribution is -2.26. The van der Waals surface area contributed by atoms with Gasteiger partial charge in [0.25, 0.3) is 5.91 Å². The van der Waals surface area contributed by atoms with Gasteiger partial charge >= 0.3 is 0 Å². The first-order valence-corrected chi connectivity index (χ1v) is 11.8. The number of ether oxygens (including phenoxy) is 2. The van der Waals surface area contributed by atoms with Gasteiger partial charge in [-0.2, -0.15) is 14.9 Å². The minimum Gasteiger partial charge on any atom is -0.497 e. The van der Waals surface area contributed by atoms with Crippen molar-refractivity contribution in [3.8, 4) is 34.0 Å². The van der Waals surface area contributed by atoms with Crippen LogP contribution in [0.3, 0.4) is 0 Å². The lowest BCUT2D eigenvalue weighted by Gasteiger charge is -2.21. The van der Waals surface area contributed by atoms with Gasteiger partial charge in [0.1, 0.15) is 17.2 Å².